The lowest BCUT2D eigenvalue weighted by Gasteiger charge is -2.42. The minimum absolute atomic E-state index is 0.0999. The van der Waals surface area contributed by atoms with E-state index in [0.717, 1.165) is 57.8 Å². The molecule has 4 unspecified atom stereocenters. The molecule has 0 aromatic rings. The fraction of sp³-hybridized carbons (Fsp3) is 0.698. The molecule has 7 N–H and O–H groups in total. The van der Waals surface area contributed by atoms with Gasteiger partial charge in [0.2, 0.25) is 0 Å². The van der Waals surface area contributed by atoms with Gasteiger partial charge in [-0.1, -0.05) is 125 Å². The number of esters is 2. The lowest BCUT2D eigenvalue weighted by Crippen LogP contribution is -2.61. The third-order valence-corrected chi connectivity index (χ3v) is 11.3. The van der Waals surface area contributed by atoms with Crippen molar-refractivity contribution < 1.29 is 73.8 Å². The van der Waals surface area contributed by atoms with Crippen molar-refractivity contribution in [3.8, 4) is 0 Å². The summed E-state index contributed by atoms with van der Waals surface area (Å²) in [6.07, 6.45) is 30.5. The van der Waals surface area contributed by atoms with Crippen LogP contribution >= 0.6 is 0 Å². The summed E-state index contributed by atoms with van der Waals surface area (Å²) < 4.78 is 33.4. The number of unbranched alkanes of at least 4 members (excludes halogenated alkanes) is 9. The highest BCUT2D eigenvalue weighted by Gasteiger charge is 2.47. The van der Waals surface area contributed by atoms with Crippen LogP contribution in [0.4, 0.5) is 0 Å². The zero-order valence-corrected chi connectivity index (χ0v) is 40.8. The summed E-state index contributed by atoms with van der Waals surface area (Å²) in [6.45, 7) is 2.41. The van der Waals surface area contributed by atoms with Crippen LogP contribution in [0.15, 0.2) is 85.1 Å². The van der Waals surface area contributed by atoms with Gasteiger partial charge in [0.05, 0.1) is 19.8 Å². The first-order chi connectivity index (χ1) is 33.0. The number of carbonyl (C=O) groups is 2. The van der Waals surface area contributed by atoms with Gasteiger partial charge in [0.25, 0.3) is 0 Å². The molecule has 2 heterocycles. The van der Waals surface area contributed by atoms with E-state index in [0.29, 0.717) is 19.3 Å². The van der Waals surface area contributed by atoms with Gasteiger partial charge in [-0.05, 0) is 89.9 Å². The monoisotopic (exact) mass is 963 g/mol. The lowest BCUT2D eigenvalue weighted by molar-refractivity contribution is -0.332. The third-order valence-electron chi connectivity index (χ3n) is 11.3. The lowest BCUT2D eigenvalue weighted by atomic mass is 9.98. The van der Waals surface area contributed by atoms with Crippen LogP contribution in [0.1, 0.15) is 142 Å². The molecule has 0 radical (unpaired) electrons. The fourth-order valence-corrected chi connectivity index (χ4v) is 7.15. The first-order valence-corrected chi connectivity index (χ1v) is 25.2. The molecule has 68 heavy (non-hydrogen) atoms. The average molecular weight is 963 g/mol. The number of aliphatic hydroxyl groups excluding tert-OH is 7. The first kappa shape index (κ1) is 60.8. The van der Waals surface area contributed by atoms with Crippen molar-refractivity contribution in [3.05, 3.63) is 85.1 Å². The first-order valence-electron chi connectivity index (χ1n) is 25.2. The van der Waals surface area contributed by atoms with E-state index >= 15 is 0 Å². The van der Waals surface area contributed by atoms with Gasteiger partial charge in [-0.2, -0.15) is 0 Å². The zero-order chi connectivity index (χ0) is 49.6. The van der Waals surface area contributed by atoms with Gasteiger partial charge in [-0.25, -0.2) is 0 Å². The van der Waals surface area contributed by atoms with Crippen molar-refractivity contribution in [2.24, 2.45) is 0 Å². The van der Waals surface area contributed by atoms with Crippen LogP contribution in [-0.2, 0) is 38.0 Å². The van der Waals surface area contributed by atoms with Crippen LogP contribution in [0.3, 0.4) is 0 Å². The number of rotatable bonds is 37. The van der Waals surface area contributed by atoms with Gasteiger partial charge < -0.3 is 64.2 Å². The van der Waals surface area contributed by atoms with Crippen molar-refractivity contribution in [1.82, 2.24) is 0 Å². The number of hydrogen-bond acceptors (Lipinski definition) is 15. The minimum atomic E-state index is -1.78. The maximum Gasteiger partial charge on any atom is 0.306 e. The number of hydrogen-bond donors (Lipinski definition) is 7. The Bertz CT molecular complexity index is 1510. The molecular weight excluding hydrogens is 877 g/mol. The highest BCUT2D eigenvalue weighted by atomic mass is 16.7. The van der Waals surface area contributed by atoms with E-state index in [1.165, 1.54) is 38.5 Å². The maximum atomic E-state index is 13.0. The Morgan fingerprint density at radius 3 is 1.37 bits per heavy atom. The van der Waals surface area contributed by atoms with Gasteiger partial charge in [-0.15, -0.1) is 0 Å². The molecule has 0 bridgehead atoms. The number of allylic oxidation sites excluding steroid dienone is 14. The Hall–Kier alpha value is -3.32. The molecule has 0 amide bonds. The normalized spacial score (nSPS) is 26.5. The SMILES string of the molecule is CCCCC/C=C/C/C=C/C/C=C/C/C=C/CCCC(=O)OC[C@@H](CO[C@@H]1O[C@H](CO[C@@H]2O[C@H](CO)[C@H](O)C(O)C2O)[C@H](O)C(O)C1O)OC(=O)CCCC/C=C/C/C=C/C/C=C/CCCCC. The predicted molar refractivity (Wildman–Crippen MR) is 261 cm³/mol. The van der Waals surface area contributed by atoms with Gasteiger partial charge in [-0.3, -0.25) is 9.59 Å². The third kappa shape index (κ3) is 27.2. The van der Waals surface area contributed by atoms with Crippen molar-refractivity contribution >= 4 is 11.9 Å². The van der Waals surface area contributed by atoms with Gasteiger partial charge >= 0.3 is 11.9 Å². The van der Waals surface area contributed by atoms with Crippen LogP contribution in [0.5, 0.6) is 0 Å². The van der Waals surface area contributed by atoms with E-state index in [4.69, 9.17) is 28.4 Å². The highest BCUT2D eigenvalue weighted by molar-refractivity contribution is 5.70. The fourth-order valence-electron chi connectivity index (χ4n) is 7.15. The Labute approximate surface area is 405 Å². The molecule has 15 nitrogen and oxygen atoms in total. The van der Waals surface area contributed by atoms with E-state index in [9.17, 15) is 45.3 Å². The molecule has 2 rings (SSSR count). The standard InChI is InChI=1S/C53H86O15/c1-3-5-7-9-11-13-15-17-19-20-22-23-25-27-29-31-33-35-44(55)63-38-41(66-45(56)36-34-32-30-28-26-24-21-18-16-14-12-10-8-6-4-2)39-64-52-51(62)49(60)47(58)43(68-52)40-65-53-50(61)48(59)46(57)42(37-54)67-53/h11-14,17-19,21-23,26-29,41-43,46-54,57-62H,3-10,15-16,20,24-25,30-40H2,1-2H3/b13-11+,14-12+,19-17+,21-18+,23-22+,28-26+,29-27+/t41-,42+,43+,46-,47-,48?,49?,50?,51?,52+,53+/m0/s1. The van der Waals surface area contributed by atoms with E-state index in [2.05, 4.69) is 86.8 Å². The quantitative estimate of drug-likeness (QED) is 0.0193. The second-order valence-electron chi connectivity index (χ2n) is 17.3. The van der Waals surface area contributed by atoms with E-state index in [-0.39, 0.29) is 19.4 Å². The zero-order valence-electron chi connectivity index (χ0n) is 40.8. The van der Waals surface area contributed by atoms with Crippen LogP contribution < -0.4 is 0 Å². The molecule has 2 aliphatic heterocycles. The van der Waals surface area contributed by atoms with Crippen molar-refractivity contribution in [2.75, 3.05) is 26.4 Å². The van der Waals surface area contributed by atoms with Crippen molar-refractivity contribution in [1.29, 1.82) is 0 Å². The predicted octanol–water partition coefficient (Wildman–Crippen LogP) is 6.82. The molecule has 2 saturated heterocycles. The minimum Gasteiger partial charge on any atom is -0.462 e. The van der Waals surface area contributed by atoms with Gasteiger partial charge in [0.15, 0.2) is 18.7 Å². The summed E-state index contributed by atoms with van der Waals surface area (Å²) in [5.41, 5.74) is 0. The number of carbonyl (C=O) groups excluding carboxylic acids is 2. The van der Waals surface area contributed by atoms with Gasteiger partial charge in [0.1, 0.15) is 55.4 Å². The van der Waals surface area contributed by atoms with Crippen molar-refractivity contribution in [3.63, 3.8) is 0 Å². The molecule has 0 aromatic carbocycles. The van der Waals surface area contributed by atoms with Crippen LogP contribution in [0, 0.1) is 0 Å². The summed E-state index contributed by atoms with van der Waals surface area (Å²) >= 11 is 0. The van der Waals surface area contributed by atoms with E-state index < -0.39 is 99.3 Å². The second-order valence-corrected chi connectivity index (χ2v) is 17.3. The summed E-state index contributed by atoms with van der Waals surface area (Å²) in [5.74, 6) is -1.04. The Morgan fingerprint density at radius 2 is 0.882 bits per heavy atom. The summed E-state index contributed by atoms with van der Waals surface area (Å²) in [4.78, 5) is 25.7. The highest BCUT2D eigenvalue weighted by Crippen LogP contribution is 2.26. The van der Waals surface area contributed by atoms with Crippen molar-refractivity contribution in [2.45, 2.75) is 210 Å². The van der Waals surface area contributed by atoms with Gasteiger partial charge in [0, 0.05) is 12.8 Å². The summed E-state index contributed by atoms with van der Waals surface area (Å²) in [5, 5.41) is 72.0. The average Bonchev–Trinajstić information content (AvgIpc) is 3.33. The van der Waals surface area contributed by atoms with Crippen LogP contribution in [-0.4, -0.2) is 142 Å². The molecule has 2 aliphatic rings. The maximum absolute atomic E-state index is 13.0. The Morgan fingerprint density at radius 1 is 0.471 bits per heavy atom. The largest absolute Gasteiger partial charge is 0.462 e. The van der Waals surface area contributed by atoms with Crippen LogP contribution in [0.25, 0.3) is 0 Å². The molecule has 2 fully saturated rings. The molecule has 15 heteroatoms. The molecule has 0 spiro atoms. The molecule has 0 saturated carbocycles. The molecule has 0 aliphatic carbocycles. The summed E-state index contributed by atoms with van der Waals surface area (Å²) in [7, 11) is 0. The topological polar surface area (TPSA) is 231 Å². The smallest absolute Gasteiger partial charge is 0.306 e. The Kier molecular flexibility index (Phi) is 35.2. The molecule has 0 aromatic heterocycles. The van der Waals surface area contributed by atoms with Crippen LogP contribution in [0.2, 0.25) is 0 Å². The molecule has 11 atom stereocenters. The van der Waals surface area contributed by atoms with E-state index in [1.54, 1.807) is 0 Å². The molecular formula is C53H86O15. The number of aliphatic hydroxyl groups is 7. The Balaban J connectivity index is 1.87. The summed E-state index contributed by atoms with van der Waals surface area (Å²) in [6, 6.07) is 0. The number of ether oxygens (including phenoxy) is 6. The molecule has 388 valence electrons. The second kappa shape index (κ2) is 39.4. The van der Waals surface area contributed by atoms with E-state index in [1.807, 2.05) is 12.2 Å².